The molecule has 0 spiro atoms. The van der Waals surface area contributed by atoms with E-state index in [1.807, 2.05) is 0 Å². The highest BCUT2D eigenvalue weighted by atomic mass is 16.2. The number of hydrogen-bond acceptors (Lipinski definition) is 3. The smallest absolute Gasteiger partial charge is 0.176 e. The topological polar surface area (TPSA) is 51.2 Å². The van der Waals surface area contributed by atoms with Gasteiger partial charge in [-0.3, -0.25) is 14.4 Å². The monoisotopic (exact) mass is 152 g/mol. The average molecular weight is 152 g/mol. The maximum Gasteiger partial charge on any atom is 0.176 e. The first kappa shape index (κ1) is 7.85. The first-order valence-corrected chi connectivity index (χ1v) is 3.31. The first-order chi connectivity index (χ1) is 5.04. The maximum absolute atomic E-state index is 11.0. The van der Waals surface area contributed by atoms with Crippen LogP contribution in [0.4, 0.5) is 0 Å². The lowest BCUT2D eigenvalue weighted by molar-refractivity contribution is -0.134. The van der Waals surface area contributed by atoms with Crippen molar-refractivity contribution in [3.63, 3.8) is 0 Å². The van der Waals surface area contributed by atoms with Gasteiger partial charge in [-0.1, -0.05) is 0 Å². The van der Waals surface area contributed by atoms with Crippen molar-refractivity contribution < 1.29 is 14.4 Å². The molecule has 3 nitrogen and oxygen atoms in total. The van der Waals surface area contributed by atoms with Gasteiger partial charge in [0.2, 0.25) is 0 Å². The van der Waals surface area contributed by atoms with Gasteiger partial charge in [0.1, 0.15) is 11.7 Å². The van der Waals surface area contributed by atoms with E-state index in [-0.39, 0.29) is 17.3 Å². The van der Waals surface area contributed by atoms with Gasteiger partial charge in [-0.15, -0.1) is 0 Å². The van der Waals surface area contributed by atoms with E-state index < -0.39 is 5.92 Å². The van der Waals surface area contributed by atoms with Crippen LogP contribution in [0.3, 0.4) is 0 Å². The number of carbonyl (C=O) groups excluding carboxylic acids is 3. The molecule has 58 valence electrons. The number of ketones is 3. The molecule has 1 rings (SSSR count). The van der Waals surface area contributed by atoms with E-state index >= 15 is 0 Å². The van der Waals surface area contributed by atoms with E-state index in [2.05, 4.69) is 0 Å². The van der Waals surface area contributed by atoms with Crippen molar-refractivity contribution in [2.75, 3.05) is 0 Å². The molecular formula is C8H8O3. The molecule has 0 fully saturated rings. The van der Waals surface area contributed by atoms with Gasteiger partial charge in [0.15, 0.2) is 11.6 Å². The van der Waals surface area contributed by atoms with Crippen LogP contribution >= 0.6 is 0 Å². The molecule has 3 heteroatoms. The van der Waals surface area contributed by atoms with E-state index in [0.29, 0.717) is 5.57 Å². The summed E-state index contributed by atoms with van der Waals surface area (Å²) in [4.78, 5) is 32.7. The van der Waals surface area contributed by atoms with E-state index in [4.69, 9.17) is 0 Å². The largest absolute Gasteiger partial charge is 0.299 e. The van der Waals surface area contributed by atoms with Crippen molar-refractivity contribution in [3.8, 4) is 0 Å². The van der Waals surface area contributed by atoms with Crippen LogP contribution in [0, 0.1) is 5.92 Å². The molecule has 0 aliphatic heterocycles. The highest BCUT2D eigenvalue weighted by molar-refractivity contribution is 6.31. The minimum atomic E-state index is -1.03. The number of hydrogen-bond donors (Lipinski definition) is 0. The summed E-state index contributed by atoms with van der Waals surface area (Å²) in [6.45, 7) is 2.80. The second-order valence-electron chi connectivity index (χ2n) is 2.64. The summed E-state index contributed by atoms with van der Waals surface area (Å²) < 4.78 is 0. The second-order valence-corrected chi connectivity index (χ2v) is 2.64. The number of Topliss-reactive ketones (excluding diaryl/α,β-unsaturated/α-hetero) is 2. The molecule has 11 heavy (non-hydrogen) atoms. The SMILES string of the molecule is CC(=O)C1C(=O)C=C(C)C1=O. The van der Waals surface area contributed by atoms with E-state index in [9.17, 15) is 14.4 Å². The van der Waals surface area contributed by atoms with Crippen molar-refractivity contribution >= 4 is 17.3 Å². The third-order valence-electron chi connectivity index (χ3n) is 1.70. The molecule has 0 aromatic rings. The van der Waals surface area contributed by atoms with Gasteiger partial charge in [0.05, 0.1) is 0 Å². The van der Waals surface area contributed by atoms with Gasteiger partial charge >= 0.3 is 0 Å². The fraction of sp³-hybridized carbons (Fsp3) is 0.375. The molecule has 0 bridgehead atoms. The molecule has 1 aliphatic carbocycles. The minimum absolute atomic E-state index is 0.345. The average Bonchev–Trinajstić information content (AvgIpc) is 2.07. The van der Waals surface area contributed by atoms with E-state index in [1.165, 1.54) is 13.0 Å². The van der Waals surface area contributed by atoms with Gasteiger partial charge in [-0.05, 0) is 25.5 Å². The molecule has 0 saturated heterocycles. The second kappa shape index (κ2) is 2.42. The van der Waals surface area contributed by atoms with Crippen molar-refractivity contribution in [2.45, 2.75) is 13.8 Å². The Bertz CT molecular complexity index is 273. The zero-order valence-corrected chi connectivity index (χ0v) is 6.38. The number of rotatable bonds is 1. The Balaban J connectivity index is 2.99. The molecule has 0 N–H and O–H groups in total. The molecule has 0 amide bonds. The van der Waals surface area contributed by atoms with Crippen LogP contribution in [0.5, 0.6) is 0 Å². The van der Waals surface area contributed by atoms with Crippen LogP contribution in [-0.2, 0) is 14.4 Å². The Hall–Kier alpha value is -1.25. The zero-order valence-electron chi connectivity index (χ0n) is 6.38. The molecule has 1 atom stereocenters. The lowest BCUT2D eigenvalue weighted by Gasteiger charge is -1.99. The van der Waals surface area contributed by atoms with Crippen molar-refractivity contribution in [1.82, 2.24) is 0 Å². The van der Waals surface area contributed by atoms with Crippen LogP contribution in [0.2, 0.25) is 0 Å². The van der Waals surface area contributed by atoms with Crippen LogP contribution in [-0.4, -0.2) is 17.3 Å². The highest BCUT2D eigenvalue weighted by Gasteiger charge is 2.35. The predicted octanol–water partition coefficient (Wildman–Crippen LogP) is 0.290. The summed E-state index contributed by atoms with van der Waals surface area (Å²) in [5, 5.41) is 0. The van der Waals surface area contributed by atoms with Crippen LogP contribution in [0.25, 0.3) is 0 Å². The van der Waals surface area contributed by atoms with Crippen molar-refractivity contribution in [3.05, 3.63) is 11.6 Å². The number of carbonyl (C=O) groups is 3. The van der Waals surface area contributed by atoms with Gasteiger partial charge in [0, 0.05) is 0 Å². The molecule has 1 unspecified atom stereocenters. The van der Waals surface area contributed by atoms with Gasteiger partial charge in [-0.25, -0.2) is 0 Å². The van der Waals surface area contributed by atoms with E-state index in [1.54, 1.807) is 6.92 Å². The Morgan fingerprint density at radius 2 is 2.00 bits per heavy atom. The molecule has 0 radical (unpaired) electrons. The maximum atomic E-state index is 11.0. The molecular weight excluding hydrogens is 144 g/mol. The molecule has 0 aromatic carbocycles. The summed E-state index contributed by atoms with van der Waals surface area (Å²) >= 11 is 0. The van der Waals surface area contributed by atoms with Gasteiger partial charge < -0.3 is 0 Å². The lowest BCUT2D eigenvalue weighted by Crippen LogP contribution is -2.23. The van der Waals surface area contributed by atoms with Crippen LogP contribution < -0.4 is 0 Å². The summed E-state index contributed by atoms with van der Waals surface area (Å²) in [7, 11) is 0. The fourth-order valence-electron chi connectivity index (χ4n) is 1.11. The lowest BCUT2D eigenvalue weighted by atomic mass is 9.99. The molecule has 0 aromatic heterocycles. The predicted molar refractivity (Wildman–Crippen MR) is 37.9 cm³/mol. The summed E-state index contributed by atoms with van der Waals surface area (Å²) in [5.74, 6) is -2.12. The van der Waals surface area contributed by atoms with Gasteiger partial charge in [-0.2, -0.15) is 0 Å². The van der Waals surface area contributed by atoms with E-state index in [0.717, 1.165) is 0 Å². The fourth-order valence-corrected chi connectivity index (χ4v) is 1.11. The van der Waals surface area contributed by atoms with Gasteiger partial charge in [0.25, 0.3) is 0 Å². The third kappa shape index (κ3) is 1.13. The summed E-state index contributed by atoms with van der Waals surface area (Å²) in [6.07, 6.45) is 1.23. The standard InChI is InChI=1S/C8H8O3/c1-4-3-6(10)7(5(2)9)8(4)11/h3,7H,1-2H3. The number of allylic oxidation sites excluding steroid dienone is 2. The Morgan fingerprint density at radius 1 is 1.45 bits per heavy atom. The Morgan fingerprint density at radius 3 is 2.18 bits per heavy atom. The Labute approximate surface area is 64.1 Å². The summed E-state index contributed by atoms with van der Waals surface area (Å²) in [6, 6.07) is 0. The van der Waals surface area contributed by atoms with Crippen molar-refractivity contribution in [2.24, 2.45) is 5.92 Å². The molecule has 1 aliphatic rings. The zero-order chi connectivity index (χ0) is 8.59. The molecule has 0 heterocycles. The normalized spacial score (nSPS) is 23.8. The van der Waals surface area contributed by atoms with Crippen LogP contribution in [0.1, 0.15) is 13.8 Å². The first-order valence-electron chi connectivity index (χ1n) is 3.31. The summed E-state index contributed by atoms with van der Waals surface area (Å²) in [5.41, 5.74) is 0.384. The van der Waals surface area contributed by atoms with Crippen molar-refractivity contribution in [1.29, 1.82) is 0 Å². The quantitative estimate of drug-likeness (QED) is 0.507. The highest BCUT2D eigenvalue weighted by Crippen LogP contribution is 2.17. The molecule has 0 saturated carbocycles. The van der Waals surface area contributed by atoms with Crippen LogP contribution in [0.15, 0.2) is 11.6 Å². The minimum Gasteiger partial charge on any atom is -0.299 e. The third-order valence-corrected chi connectivity index (χ3v) is 1.70. The Kier molecular flexibility index (Phi) is 1.72.